The molecular weight excluding hydrogens is 871 g/mol. The molecule has 0 aliphatic carbocycles. The highest BCUT2D eigenvalue weighted by molar-refractivity contribution is 7.22. The van der Waals surface area contributed by atoms with Gasteiger partial charge in [0.25, 0.3) is 0 Å². The van der Waals surface area contributed by atoms with Crippen molar-refractivity contribution >= 4 is 64.3 Å². The van der Waals surface area contributed by atoms with Gasteiger partial charge in [-0.3, -0.25) is 0 Å². The van der Waals surface area contributed by atoms with Crippen LogP contribution in [0.2, 0.25) is 0 Å². The van der Waals surface area contributed by atoms with Crippen molar-refractivity contribution in [2.45, 2.75) is 105 Å². The van der Waals surface area contributed by atoms with E-state index in [0.29, 0.717) is 0 Å². The third kappa shape index (κ3) is 7.95. The molecule has 0 radical (unpaired) electrons. The van der Waals surface area contributed by atoms with Crippen LogP contribution < -0.4 is 13.7 Å². The highest BCUT2D eigenvalue weighted by atomic mass is 32.1. The largest absolute Gasteiger partial charge is 0.222 e. The van der Waals surface area contributed by atoms with Crippen molar-refractivity contribution in [1.29, 1.82) is 0 Å². The number of fused-ring (bicyclic) bond motifs is 15. The van der Waals surface area contributed by atoms with Gasteiger partial charge < -0.3 is 0 Å². The average molecular weight is 931 g/mol. The van der Waals surface area contributed by atoms with Crippen LogP contribution in [-0.2, 0) is 35.9 Å². The molecule has 0 spiro atoms. The number of nitrogens with zero attached hydrogens (tertiary/aromatic N) is 3. The lowest BCUT2D eigenvalue weighted by molar-refractivity contribution is -0.671. The Morgan fingerprint density at radius 3 is 1.33 bits per heavy atom. The van der Waals surface area contributed by atoms with E-state index in [-0.39, 0.29) is 16.2 Å². The Bertz CT molecular complexity index is 3560. The fourth-order valence-corrected chi connectivity index (χ4v) is 13.0. The van der Waals surface area contributed by atoms with Crippen molar-refractivity contribution in [2.75, 3.05) is 0 Å². The van der Waals surface area contributed by atoms with E-state index in [1.54, 1.807) is 0 Å². The summed E-state index contributed by atoms with van der Waals surface area (Å²) in [5, 5.41) is 6.35. The van der Waals surface area contributed by atoms with Gasteiger partial charge >= 0.3 is 0 Å². The summed E-state index contributed by atoms with van der Waals surface area (Å²) in [5.74, 6) is 0. The smallest absolute Gasteiger partial charge is 0.193 e. The quantitative estimate of drug-likeness (QED) is 0.145. The van der Waals surface area contributed by atoms with Crippen LogP contribution in [0.1, 0.15) is 101 Å². The van der Waals surface area contributed by atoms with E-state index in [1.807, 2.05) is 34.0 Å². The van der Waals surface area contributed by atoms with Gasteiger partial charge in [0.15, 0.2) is 38.2 Å². The van der Waals surface area contributed by atoms with Crippen LogP contribution in [0.4, 0.5) is 0 Å². The summed E-state index contributed by atoms with van der Waals surface area (Å²) < 4.78 is 11.3. The van der Waals surface area contributed by atoms with E-state index < -0.39 is 0 Å². The van der Waals surface area contributed by atoms with Crippen LogP contribution in [0.3, 0.4) is 0 Å². The molecule has 334 valence electrons. The molecule has 6 aromatic heterocycles. The SMILES string of the molecule is CC(C)(C)c1ccc2c(c1)C[n+]1ccc3sc(-c4ccccc4)cc3c1-2.CC(C)(C)c1ccc2c(c1)C[n+]1ccc3sccc3c1-2.Cc1cc2c3[n+](ccc2s1)Cc1cc(C(C)(C)C)ccc1-3. The molecule has 0 fully saturated rings. The molecule has 0 unspecified atom stereocenters. The molecule has 0 bridgehead atoms. The van der Waals surface area contributed by atoms with Crippen molar-refractivity contribution < 1.29 is 13.7 Å². The Morgan fingerprint density at radius 1 is 0.418 bits per heavy atom. The molecule has 0 amide bonds. The number of aryl methyl sites for hydroxylation is 1. The molecule has 3 nitrogen and oxygen atoms in total. The van der Waals surface area contributed by atoms with E-state index >= 15 is 0 Å². The first-order chi connectivity index (χ1) is 32.0. The maximum Gasteiger partial charge on any atom is 0.222 e. The summed E-state index contributed by atoms with van der Waals surface area (Å²) in [6.07, 6.45) is 6.72. The maximum atomic E-state index is 2.40. The first-order valence-electron chi connectivity index (χ1n) is 23.7. The van der Waals surface area contributed by atoms with Gasteiger partial charge in [0.2, 0.25) is 17.1 Å². The van der Waals surface area contributed by atoms with Crippen molar-refractivity contribution in [3.05, 3.63) is 184 Å². The molecule has 3 aliphatic rings. The van der Waals surface area contributed by atoms with E-state index in [4.69, 9.17) is 0 Å². The third-order valence-electron chi connectivity index (χ3n) is 13.9. The van der Waals surface area contributed by atoms with Crippen LogP contribution in [0, 0.1) is 6.92 Å². The Balaban J connectivity index is 0.000000112. The van der Waals surface area contributed by atoms with Gasteiger partial charge in [0, 0.05) is 58.7 Å². The van der Waals surface area contributed by atoms with E-state index in [2.05, 4.69) is 228 Å². The first-order valence-corrected chi connectivity index (χ1v) is 26.2. The lowest BCUT2D eigenvalue weighted by Gasteiger charge is -2.19. The zero-order chi connectivity index (χ0) is 46.6. The van der Waals surface area contributed by atoms with E-state index in [1.165, 1.54) is 113 Å². The first kappa shape index (κ1) is 43.8. The van der Waals surface area contributed by atoms with Crippen LogP contribution >= 0.6 is 34.0 Å². The molecule has 6 heteroatoms. The third-order valence-corrected chi connectivity index (χ3v) is 17.0. The van der Waals surface area contributed by atoms with E-state index in [9.17, 15) is 0 Å². The fourth-order valence-electron chi connectivity index (χ4n) is 10.2. The number of hydrogen-bond acceptors (Lipinski definition) is 3. The maximum absolute atomic E-state index is 2.40. The average Bonchev–Trinajstić information content (AvgIpc) is 4.15. The van der Waals surface area contributed by atoms with Gasteiger partial charge in [-0.15, -0.1) is 34.0 Å². The number of thiophene rings is 3. The Labute approximate surface area is 408 Å². The standard InChI is InChI=1S/C24H22NS.C19H20NS.C18H18NS/c1-24(2,3)18-9-10-19-17(13-18)15-25-12-11-21-20(23(19)25)14-22(26-21)16-7-5-4-6-8-16;1-12-9-16-17(21-12)7-8-20-11-13-10-14(19(2,3)4)5-6-15(13)18(16)20;1-18(2,3)13-4-5-14-12(10-13)11-19-8-6-16-15(17(14)19)7-9-20-16/h4-14H,15H2,1-3H3;5-10H,11H2,1-4H3;4-10H,11H2,1-3H3/q3*+1. The van der Waals surface area contributed by atoms with Crippen molar-refractivity contribution in [2.24, 2.45) is 0 Å². The van der Waals surface area contributed by atoms with Crippen molar-refractivity contribution in [3.8, 4) is 44.2 Å². The highest BCUT2D eigenvalue weighted by Crippen LogP contribution is 2.42. The lowest BCUT2D eigenvalue weighted by Crippen LogP contribution is -2.31. The summed E-state index contributed by atoms with van der Waals surface area (Å²) >= 11 is 5.59. The molecule has 0 atom stereocenters. The van der Waals surface area contributed by atoms with Gasteiger partial charge in [-0.2, -0.15) is 13.7 Å². The normalized spacial score (nSPS) is 13.3. The predicted octanol–water partition coefficient (Wildman–Crippen LogP) is 15.5. The Hall–Kier alpha value is -5.79. The minimum absolute atomic E-state index is 0.187. The Morgan fingerprint density at radius 2 is 0.851 bits per heavy atom. The molecule has 0 saturated heterocycles. The van der Waals surface area contributed by atoms with Gasteiger partial charge in [0.1, 0.15) is 0 Å². The molecule has 9 heterocycles. The molecule has 10 aromatic rings. The van der Waals surface area contributed by atoms with Crippen molar-refractivity contribution in [3.63, 3.8) is 0 Å². The summed E-state index contributed by atoms with van der Waals surface area (Å²) in [6, 6.07) is 45.4. The second-order valence-corrected chi connectivity index (χ2v) is 25.1. The zero-order valence-corrected chi connectivity index (χ0v) is 43.0. The summed E-state index contributed by atoms with van der Waals surface area (Å²) in [7, 11) is 0. The summed E-state index contributed by atoms with van der Waals surface area (Å²) in [6.45, 7) is 25.7. The van der Waals surface area contributed by atoms with Gasteiger partial charge in [-0.05, 0) is 105 Å². The zero-order valence-electron chi connectivity index (χ0n) is 40.5. The second kappa shape index (κ2) is 16.2. The fraction of sp³-hybridized carbons (Fsp3) is 0.262. The minimum atomic E-state index is 0.187. The number of rotatable bonds is 1. The Kier molecular flexibility index (Phi) is 10.6. The molecule has 0 N–H and O–H groups in total. The topological polar surface area (TPSA) is 11.6 Å². The predicted molar refractivity (Wildman–Crippen MR) is 286 cm³/mol. The van der Waals surface area contributed by atoms with Crippen LogP contribution in [0.25, 0.3) is 74.5 Å². The summed E-state index contributed by atoms with van der Waals surface area (Å²) in [4.78, 5) is 2.73. The number of aromatic nitrogens is 3. The minimum Gasteiger partial charge on any atom is -0.193 e. The molecule has 67 heavy (non-hydrogen) atoms. The number of hydrogen-bond donors (Lipinski definition) is 0. The molecule has 0 saturated carbocycles. The van der Waals surface area contributed by atoms with Gasteiger partial charge in [-0.25, -0.2) is 0 Å². The van der Waals surface area contributed by atoms with Gasteiger partial charge in [0.05, 0.1) is 32.8 Å². The molecule has 3 aliphatic heterocycles. The van der Waals surface area contributed by atoms with Crippen LogP contribution in [0.5, 0.6) is 0 Å². The molecule has 4 aromatic carbocycles. The second-order valence-electron chi connectivity index (χ2n) is 21.8. The van der Waals surface area contributed by atoms with Gasteiger partial charge in [-0.1, -0.05) is 111 Å². The van der Waals surface area contributed by atoms with Crippen LogP contribution in [-0.4, -0.2) is 0 Å². The highest BCUT2D eigenvalue weighted by Gasteiger charge is 2.33. The summed E-state index contributed by atoms with van der Waals surface area (Å²) in [5.41, 5.74) is 18.9. The number of benzene rings is 4. The monoisotopic (exact) mass is 930 g/mol. The lowest BCUT2D eigenvalue weighted by atomic mass is 9.85. The molecular formula is C61H60N3S3+3. The number of pyridine rings is 3. The van der Waals surface area contributed by atoms with Crippen LogP contribution in [0.15, 0.2) is 145 Å². The van der Waals surface area contributed by atoms with E-state index in [0.717, 1.165) is 19.6 Å². The molecule has 13 rings (SSSR count). The van der Waals surface area contributed by atoms with Crippen molar-refractivity contribution in [1.82, 2.24) is 0 Å².